The molecule has 24 heavy (non-hydrogen) atoms. The fourth-order valence-electron chi connectivity index (χ4n) is 2.24. The van der Waals surface area contributed by atoms with E-state index in [0.717, 1.165) is 31.2 Å². The zero-order valence-corrected chi connectivity index (χ0v) is 15.5. The lowest BCUT2D eigenvalue weighted by molar-refractivity contribution is 0.506. The summed E-state index contributed by atoms with van der Waals surface area (Å²) in [7, 11) is 0. The lowest BCUT2D eigenvalue weighted by atomic mass is 10.1. The maximum absolute atomic E-state index is 5.38. The number of hydrogen-bond donors (Lipinski definition) is 2. The van der Waals surface area contributed by atoms with Crippen LogP contribution in [0.3, 0.4) is 0 Å². The molecule has 0 aliphatic heterocycles. The van der Waals surface area contributed by atoms with Crippen molar-refractivity contribution in [3.05, 3.63) is 60.1 Å². The third-order valence-electron chi connectivity index (χ3n) is 3.81. The van der Waals surface area contributed by atoms with Gasteiger partial charge in [-0.25, -0.2) is 0 Å². The molecule has 2 unspecified atom stereocenters. The first-order chi connectivity index (χ1) is 11.7. The predicted molar refractivity (Wildman–Crippen MR) is 104 cm³/mol. The summed E-state index contributed by atoms with van der Waals surface area (Å²) in [5.41, 5.74) is 1.25. The Morgan fingerprint density at radius 1 is 1.17 bits per heavy atom. The number of furan rings is 1. The van der Waals surface area contributed by atoms with E-state index in [4.69, 9.17) is 9.41 Å². The van der Waals surface area contributed by atoms with Crippen LogP contribution >= 0.6 is 11.8 Å². The summed E-state index contributed by atoms with van der Waals surface area (Å²) < 4.78 is 5.38. The largest absolute Gasteiger partial charge is 0.469 e. The summed E-state index contributed by atoms with van der Waals surface area (Å²) in [5.74, 6) is 1.83. The van der Waals surface area contributed by atoms with Crippen LogP contribution in [0.4, 0.5) is 0 Å². The molecule has 1 heterocycles. The molecule has 0 fully saturated rings. The molecule has 0 amide bonds. The molecule has 0 aliphatic rings. The van der Waals surface area contributed by atoms with Gasteiger partial charge in [0, 0.05) is 18.2 Å². The van der Waals surface area contributed by atoms with Crippen LogP contribution in [0, 0.1) is 0 Å². The van der Waals surface area contributed by atoms with E-state index >= 15 is 0 Å². The molecule has 4 nitrogen and oxygen atoms in total. The molecule has 0 bridgehead atoms. The summed E-state index contributed by atoms with van der Waals surface area (Å²) in [6.45, 7) is 5.92. The zero-order valence-electron chi connectivity index (χ0n) is 14.7. The Bertz CT molecular complexity index is 598. The van der Waals surface area contributed by atoms with Gasteiger partial charge in [0.05, 0.1) is 18.8 Å². The highest BCUT2D eigenvalue weighted by atomic mass is 32.2. The van der Waals surface area contributed by atoms with Crippen molar-refractivity contribution < 1.29 is 4.42 Å². The molecule has 1 aromatic heterocycles. The normalized spacial score (nSPS) is 14.2. The Morgan fingerprint density at radius 3 is 2.62 bits per heavy atom. The van der Waals surface area contributed by atoms with Gasteiger partial charge >= 0.3 is 0 Å². The third-order valence-corrected chi connectivity index (χ3v) is 4.76. The maximum atomic E-state index is 5.38. The van der Waals surface area contributed by atoms with Crippen LogP contribution in [0.15, 0.2) is 58.1 Å². The Balaban J connectivity index is 1.93. The highest BCUT2D eigenvalue weighted by Crippen LogP contribution is 2.11. The predicted octanol–water partition coefficient (Wildman–Crippen LogP) is 3.87. The standard InChI is InChI=1S/C19H27N3OS/c1-15(24-3)14-21-19(20-12-11-18-10-7-13-23-18)22-16(2)17-8-5-4-6-9-17/h4-10,13,15-16H,11-12,14H2,1-3H3,(H2,20,21,22). The number of benzene rings is 1. The van der Waals surface area contributed by atoms with E-state index in [1.807, 2.05) is 30.0 Å². The summed E-state index contributed by atoms with van der Waals surface area (Å²) in [4.78, 5) is 4.72. The first-order valence-corrected chi connectivity index (χ1v) is 9.62. The van der Waals surface area contributed by atoms with Gasteiger partial charge in [0.2, 0.25) is 0 Å². The van der Waals surface area contributed by atoms with Crippen LogP contribution in [0.2, 0.25) is 0 Å². The fraction of sp³-hybridized carbons (Fsp3) is 0.421. The second kappa shape index (κ2) is 10.1. The van der Waals surface area contributed by atoms with Gasteiger partial charge < -0.3 is 15.1 Å². The van der Waals surface area contributed by atoms with E-state index in [9.17, 15) is 0 Å². The molecule has 0 spiro atoms. The third kappa shape index (κ3) is 6.32. The molecule has 130 valence electrons. The van der Waals surface area contributed by atoms with Gasteiger partial charge in [0.15, 0.2) is 5.96 Å². The molecule has 2 aromatic rings. The van der Waals surface area contributed by atoms with Gasteiger partial charge in [-0.15, -0.1) is 0 Å². The van der Waals surface area contributed by atoms with E-state index in [0.29, 0.717) is 5.25 Å². The molecule has 0 aliphatic carbocycles. The first kappa shape index (κ1) is 18.5. The minimum absolute atomic E-state index is 0.200. The number of hydrogen-bond acceptors (Lipinski definition) is 3. The highest BCUT2D eigenvalue weighted by molar-refractivity contribution is 7.99. The van der Waals surface area contributed by atoms with Crippen molar-refractivity contribution >= 4 is 17.7 Å². The second-order valence-electron chi connectivity index (χ2n) is 5.77. The van der Waals surface area contributed by atoms with Crippen LogP contribution in [0.25, 0.3) is 0 Å². The van der Waals surface area contributed by atoms with Gasteiger partial charge in [0.1, 0.15) is 5.76 Å². The van der Waals surface area contributed by atoms with Crippen LogP contribution in [-0.2, 0) is 6.42 Å². The number of rotatable bonds is 8. The molecule has 0 saturated heterocycles. The fourth-order valence-corrected chi connectivity index (χ4v) is 2.46. The number of aliphatic imine (C=N–C) groups is 1. The molecule has 2 N–H and O–H groups in total. The quantitative estimate of drug-likeness (QED) is 0.563. The van der Waals surface area contributed by atoms with Gasteiger partial charge in [-0.3, -0.25) is 4.99 Å². The molecule has 0 radical (unpaired) electrons. The van der Waals surface area contributed by atoms with E-state index < -0.39 is 0 Å². The van der Waals surface area contributed by atoms with Crippen molar-refractivity contribution in [3.63, 3.8) is 0 Å². The number of thioether (sulfide) groups is 1. The Morgan fingerprint density at radius 2 is 1.96 bits per heavy atom. The van der Waals surface area contributed by atoms with Crippen LogP contribution in [0.5, 0.6) is 0 Å². The summed E-state index contributed by atoms with van der Waals surface area (Å²) in [6, 6.07) is 14.5. The summed E-state index contributed by atoms with van der Waals surface area (Å²) in [6.07, 6.45) is 4.66. The van der Waals surface area contributed by atoms with Crippen molar-refractivity contribution in [2.75, 3.05) is 19.3 Å². The van der Waals surface area contributed by atoms with Crippen molar-refractivity contribution in [2.45, 2.75) is 31.6 Å². The molecular formula is C19H27N3OS. The average Bonchev–Trinajstić information content (AvgIpc) is 3.13. The minimum Gasteiger partial charge on any atom is -0.469 e. The van der Waals surface area contributed by atoms with Gasteiger partial charge in [0.25, 0.3) is 0 Å². The monoisotopic (exact) mass is 345 g/mol. The van der Waals surface area contributed by atoms with Crippen molar-refractivity contribution in [2.24, 2.45) is 4.99 Å². The Labute approximate surface area is 149 Å². The van der Waals surface area contributed by atoms with Crippen molar-refractivity contribution in [3.8, 4) is 0 Å². The number of nitrogens with one attached hydrogen (secondary N) is 2. The number of guanidine groups is 1. The lowest BCUT2D eigenvalue weighted by Crippen LogP contribution is -2.40. The molecule has 5 heteroatoms. The molecule has 0 saturated carbocycles. The Hall–Kier alpha value is -1.88. The van der Waals surface area contributed by atoms with E-state index in [1.165, 1.54) is 5.56 Å². The van der Waals surface area contributed by atoms with E-state index in [1.54, 1.807) is 6.26 Å². The summed E-state index contributed by atoms with van der Waals surface area (Å²) in [5, 5.41) is 7.40. The van der Waals surface area contributed by atoms with Crippen LogP contribution < -0.4 is 10.6 Å². The lowest BCUT2D eigenvalue weighted by Gasteiger charge is -2.19. The highest BCUT2D eigenvalue weighted by Gasteiger charge is 2.08. The van der Waals surface area contributed by atoms with Crippen molar-refractivity contribution in [1.29, 1.82) is 0 Å². The van der Waals surface area contributed by atoms with E-state index in [-0.39, 0.29) is 6.04 Å². The SMILES string of the molecule is CSC(C)CN=C(NCCc1ccco1)NC(C)c1ccccc1. The van der Waals surface area contributed by atoms with Crippen LogP contribution in [-0.4, -0.2) is 30.6 Å². The van der Waals surface area contributed by atoms with Gasteiger partial charge in [-0.05, 0) is 30.9 Å². The molecule has 2 atom stereocenters. The Kier molecular flexibility index (Phi) is 7.75. The molecule has 2 rings (SSSR count). The van der Waals surface area contributed by atoms with Gasteiger partial charge in [-0.2, -0.15) is 11.8 Å². The van der Waals surface area contributed by atoms with Crippen LogP contribution in [0.1, 0.15) is 31.2 Å². The maximum Gasteiger partial charge on any atom is 0.191 e. The number of nitrogens with zero attached hydrogens (tertiary/aromatic N) is 1. The van der Waals surface area contributed by atoms with Crippen molar-refractivity contribution in [1.82, 2.24) is 10.6 Å². The summed E-state index contributed by atoms with van der Waals surface area (Å²) >= 11 is 1.83. The molecule has 1 aromatic carbocycles. The zero-order chi connectivity index (χ0) is 17.2. The topological polar surface area (TPSA) is 49.6 Å². The molecular weight excluding hydrogens is 318 g/mol. The first-order valence-electron chi connectivity index (χ1n) is 8.34. The smallest absolute Gasteiger partial charge is 0.191 e. The van der Waals surface area contributed by atoms with Gasteiger partial charge in [-0.1, -0.05) is 37.3 Å². The minimum atomic E-state index is 0.200. The second-order valence-corrected chi connectivity index (χ2v) is 7.04. The van der Waals surface area contributed by atoms with E-state index in [2.05, 4.69) is 55.0 Å². The average molecular weight is 346 g/mol.